The summed E-state index contributed by atoms with van der Waals surface area (Å²) in [6.07, 6.45) is 2.34. The van der Waals surface area contributed by atoms with Gasteiger partial charge in [0, 0.05) is 11.6 Å². The predicted octanol–water partition coefficient (Wildman–Crippen LogP) is 2.00. The normalized spacial score (nSPS) is 24.6. The zero-order valence-corrected chi connectivity index (χ0v) is 10.7. The molecule has 0 aromatic heterocycles. The first kappa shape index (κ1) is 12.4. The zero-order chi connectivity index (χ0) is 12.3. The summed E-state index contributed by atoms with van der Waals surface area (Å²) < 4.78 is 5.47. The van der Waals surface area contributed by atoms with Gasteiger partial charge in [0.1, 0.15) is 5.75 Å². The van der Waals surface area contributed by atoms with E-state index in [1.807, 2.05) is 0 Å². The zero-order valence-electron chi connectivity index (χ0n) is 10.7. The maximum absolute atomic E-state index is 5.70. The van der Waals surface area contributed by atoms with Crippen LogP contribution in [0.15, 0.2) is 18.2 Å². The molecular weight excluding hydrogens is 212 g/mol. The lowest BCUT2D eigenvalue weighted by atomic mass is 9.90. The molecule has 1 aliphatic heterocycles. The van der Waals surface area contributed by atoms with Gasteiger partial charge in [0.05, 0.1) is 7.11 Å². The van der Waals surface area contributed by atoms with Crippen LogP contribution < -0.4 is 15.8 Å². The van der Waals surface area contributed by atoms with E-state index < -0.39 is 0 Å². The minimum atomic E-state index is 0.411. The maximum Gasteiger partial charge on any atom is 0.123 e. The van der Waals surface area contributed by atoms with Crippen molar-refractivity contribution in [2.24, 2.45) is 11.7 Å². The lowest BCUT2D eigenvalue weighted by molar-refractivity contribution is 0.311. The third-order valence-corrected chi connectivity index (χ3v) is 3.61. The molecule has 2 unspecified atom stereocenters. The van der Waals surface area contributed by atoms with Gasteiger partial charge in [0.15, 0.2) is 0 Å². The van der Waals surface area contributed by atoms with Crippen molar-refractivity contribution < 1.29 is 4.74 Å². The Labute approximate surface area is 103 Å². The fourth-order valence-corrected chi connectivity index (χ4v) is 2.49. The summed E-state index contributed by atoms with van der Waals surface area (Å²) in [6, 6.07) is 6.84. The molecule has 17 heavy (non-hydrogen) atoms. The third-order valence-electron chi connectivity index (χ3n) is 3.61. The first-order valence-electron chi connectivity index (χ1n) is 6.32. The summed E-state index contributed by atoms with van der Waals surface area (Å²) in [5, 5.41) is 3.57. The minimum Gasteiger partial charge on any atom is -0.496 e. The van der Waals surface area contributed by atoms with Gasteiger partial charge < -0.3 is 15.8 Å². The van der Waals surface area contributed by atoms with E-state index in [1.54, 1.807) is 7.11 Å². The Bertz CT molecular complexity index is 370. The van der Waals surface area contributed by atoms with E-state index >= 15 is 0 Å². The molecule has 2 atom stereocenters. The minimum absolute atomic E-state index is 0.411. The standard InChI is InChI=1S/C14H22N2O/c1-10-3-5-12(14(7-10)17-2)13-6-4-11(8-15)9-16-13/h3,5,7,11,13,16H,4,6,8-9,15H2,1-2H3. The molecule has 3 N–H and O–H groups in total. The highest BCUT2D eigenvalue weighted by atomic mass is 16.5. The fraction of sp³-hybridized carbons (Fsp3) is 0.571. The number of nitrogens with one attached hydrogen (secondary N) is 1. The average molecular weight is 234 g/mol. The van der Waals surface area contributed by atoms with Gasteiger partial charge >= 0.3 is 0 Å². The first-order valence-corrected chi connectivity index (χ1v) is 6.32. The highest BCUT2D eigenvalue weighted by molar-refractivity contribution is 5.39. The van der Waals surface area contributed by atoms with Crippen molar-refractivity contribution in [3.8, 4) is 5.75 Å². The van der Waals surface area contributed by atoms with Crippen LogP contribution in [0.3, 0.4) is 0 Å². The van der Waals surface area contributed by atoms with Gasteiger partial charge in [-0.15, -0.1) is 0 Å². The molecule has 3 heteroatoms. The van der Waals surface area contributed by atoms with Crippen molar-refractivity contribution in [3.05, 3.63) is 29.3 Å². The lowest BCUT2D eigenvalue weighted by Gasteiger charge is -2.30. The SMILES string of the molecule is COc1cc(C)ccc1C1CCC(CN)CN1. The highest BCUT2D eigenvalue weighted by Crippen LogP contribution is 2.32. The molecule has 0 spiro atoms. The van der Waals surface area contributed by atoms with Gasteiger partial charge in [0.2, 0.25) is 0 Å². The first-order chi connectivity index (χ1) is 8.24. The second-order valence-electron chi connectivity index (χ2n) is 4.89. The molecule has 94 valence electrons. The van der Waals surface area contributed by atoms with Crippen LogP contribution in [0, 0.1) is 12.8 Å². The molecular formula is C14H22N2O. The highest BCUT2D eigenvalue weighted by Gasteiger charge is 2.22. The molecule has 1 fully saturated rings. The van der Waals surface area contributed by atoms with E-state index in [-0.39, 0.29) is 0 Å². The van der Waals surface area contributed by atoms with Crippen molar-refractivity contribution >= 4 is 0 Å². The van der Waals surface area contributed by atoms with Gasteiger partial charge in [-0.25, -0.2) is 0 Å². The number of aryl methyl sites for hydroxylation is 1. The van der Waals surface area contributed by atoms with Crippen LogP contribution >= 0.6 is 0 Å². The molecule has 1 saturated heterocycles. The lowest BCUT2D eigenvalue weighted by Crippen LogP contribution is -2.36. The van der Waals surface area contributed by atoms with Crippen LogP contribution in [0.4, 0.5) is 0 Å². The van der Waals surface area contributed by atoms with Crippen molar-refractivity contribution in [1.82, 2.24) is 5.32 Å². The van der Waals surface area contributed by atoms with Gasteiger partial charge in [-0.2, -0.15) is 0 Å². The number of nitrogens with two attached hydrogens (primary N) is 1. The van der Waals surface area contributed by atoms with E-state index in [1.165, 1.54) is 17.5 Å². The van der Waals surface area contributed by atoms with Crippen LogP contribution in [0.2, 0.25) is 0 Å². The van der Waals surface area contributed by atoms with Crippen LogP contribution in [-0.2, 0) is 0 Å². The van der Waals surface area contributed by atoms with Gasteiger partial charge in [-0.3, -0.25) is 0 Å². The molecule has 0 amide bonds. The Kier molecular flexibility index (Phi) is 4.02. The molecule has 1 heterocycles. The number of piperidine rings is 1. The molecule has 3 nitrogen and oxygen atoms in total. The molecule has 0 saturated carbocycles. The quantitative estimate of drug-likeness (QED) is 0.841. The number of rotatable bonds is 3. The van der Waals surface area contributed by atoms with Crippen LogP contribution in [0.25, 0.3) is 0 Å². The summed E-state index contributed by atoms with van der Waals surface area (Å²) in [5.41, 5.74) is 8.21. The molecule has 0 bridgehead atoms. The summed E-state index contributed by atoms with van der Waals surface area (Å²) in [4.78, 5) is 0. The van der Waals surface area contributed by atoms with Gasteiger partial charge in [-0.05, 0) is 50.4 Å². The Morgan fingerprint density at radius 2 is 2.24 bits per heavy atom. The van der Waals surface area contributed by atoms with Crippen LogP contribution in [0.5, 0.6) is 5.75 Å². The monoisotopic (exact) mass is 234 g/mol. The van der Waals surface area contributed by atoms with Crippen molar-refractivity contribution in [3.63, 3.8) is 0 Å². The van der Waals surface area contributed by atoms with Gasteiger partial charge in [0.25, 0.3) is 0 Å². The predicted molar refractivity (Wildman–Crippen MR) is 70.3 cm³/mol. The summed E-state index contributed by atoms with van der Waals surface area (Å²) >= 11 is 0. The third kappa shape index (κ3) is 2.79. The number of methoxy groups -OCH3 is 1. The van der Waals surface area contributed by atoms with E-state index in [9.17, 15) is 0 Å². The van der Waals surface area contributed by atoms with Crippen molar-refractivity contribution in [2.75, 3.05) is 20.2 Å². The Morgan fingerprint density at radius 1 is 1.41 bits per heavy atom. The summed E-state index contributed by atoms with van der Waals surface area (Å²) in [7, 11) is 1.74. The molecule has 1 aromatic carbocycles. The fourth-order valence-electron chi connectivity index (χ4n) is 2.49. The molecule has 0 radical (unpaired) electrons. The van der Waals surface area contributed by atoms with E-state index in [4.69, 9.17) is 10.5 Å². The number of hydrogen-bond donors (Lipinski definition) is 2. The Hall–Kier alpha value is -1.06. The largest absolute Gasteiger partial charge is 0.496 e. The summed E-state index contributed by atoms with van der Waals surface area (Å²) in [6.45, 7) is 3.88. The molecule has 1 aromatic rings. The second-order valence-corrected chi connectivity index (χ2v) is 4.89. The van der Waals surface area contributed by atoms with E-state index in [0.29, 0.717) is 12.0 Å². The molecule has 1 aliphatic rings. The Morgan fingerprint density at radius 3 is 2.82 bits per heavy atom. The average Bonchev–Trinajstić information content (AvgIpc) is 2.39. The van der Waals surface area contributed by atoms with Crippen LogP contribution in [0.1, 0.15) is 30.0 Å². The topological polar surface area (TPSA) is 47.3 Å². The summed E-state index contributed by atoms with van der Waals surface area (Å²) in [5.74, 6) is 1.62. The van der Waals surface area contributed by atoms with E-state index in [2.05, 4.69) is 30.4 Å². The second kappa shape index (κ2) is 5.52. The van der Waals surface area contributed by atoms with Crippen LogP contribution in [-0.4, -0.2) is 20.2 Å². The maximum atomic E-state index is 5.70. The number of benzene rings is 1. The molecule has 2 rings (SSSR count). The molecule has 0 aliphatic carbocycles. The van der Waals surface area contributed by atoms with E-state index in [0.717, 1.165) is 25.3 Å². The van der Waals surface area contributed by atoms with Gasteiger partial charge in [-0.1, -0.05) is 12.1 Å². The number of ether oxygens (including phenoxy) is 1. The number of hydrogen-bond acceptors (Lipinski definition) is 3. The smallest absolute Gasteiger partial charge is 0.123 e. The Balaban J connectivity index is 2.12. The van der Waals surface area contributed by atoms with Crippen molar-refractivity contribution in [2.45, 2.75) is 25.8 Å². The van der Waals surface area contributed by atoms with Crippen molar-refractivity contribution in [1.29, 1.82) is 0 Å².